The summed E-state index contributed by atoms with van der Waals surface area (Å²) in [6.45, 7) is 1.75. The molecule has 0 radical (unpaired) electrons. The molecule has 0 fully saturated rings. The van der Waals surface area contributed by atoms with Crippen molar-refractivity contribution in [1.82, 2.24) is 0 Å². The lowest BCUT2D eigenvalue weighted by molar-refractivity contribution is -0.274. The Morgan fingerprint density at radius 2 is 1.91 bits per heavy atom. The molecule has 2 aromatic rings. The third kappa shape index (κ3) is 4.39. The second-order valence-corrected chi connectivity index (χ2v) is 4.90. The number of halogens is 4. The van der Waals surface area contributed by atoms with E-state index in [-0.39, 0.29) is 5.69 Å². The maximum atomic E-state index is 12.2. The van der Waals surface area contributed by atoms with Crippen molar-refractivity contribution >= 4 is 23.2 Å². The zero-order valence-electron chi connectivity index (χ0n) is 11.4. The molecule has 0 spiro atoms. The highest BCUT2D eigenvalue weighted by atomic mass is 35.5. The van der Waals surface area contributed by atoms with Gasteiger partial charge in [0.15, 0.2) is 0 Å². The summed E-state index contributed by atoms with van der Waals surface area (Å²) in [4.78, 5) is 12.1. The normalized spacial score (nSPS) is 11.1. The van der Waals surface area contributed by atoms with Crippen molar-refractivity contribution < 1.29 is 22.7 Å². The first-order chi connectivity index (χ1) is 10.2. The number of hydrogen-bond donors (Lipinski definition) is 1. The SMILES string of the molecule is Cc1cc(C(=O)Nc2cccc(OC(F)(F)F)c2)ccc1Cl. The lowest BCUT2D eigenvalue weighted by atomic mass is 10.1. The Morgan fingerprint density at radius 1 is 1.18 bits per heavy atom. The van der Waals surface area contributed by atoms with Gasteiger partial charge in [-0.15, -0.1) is 13.2 Å². The molecule has 2 rings (SSSR count). The van der Waals surface area contributed by atoms with E-state index in [1.807, 2.05) is 0 Å². The molecule has 7 heteroatoms. The first kappa shape index (κ1) is 16.2. The Balaban J connectivity index is 2.14. The van der Waals surface area contributed by atoms with E-state index in [4.69, 9.17) is 11.6 Å². The number of alkyl halides is 3. The monoisotopic (exact) mass is 329 g/mol. The Hall–Kier alpha value is -2.21. The molecule has 22 heavy (non-hydrogen) atoms. The maximum absolute atomic E-state index is 12.2. The summed E-state index contributed by atoms with van der Waals surface area (Å²) in [5.41, 5.74) is 1.27. The van der Waals surface area contributed by atoms with Crippen molar-refractivity contribution in [3.05, 3.63) is 58.6 Å². The van der Waals surface area contributed by atoms with Gasteiger partial charge in [-0.05, 0) is 42.8 Å². The molecule has 1 N–H and O–H groups in total. The van der Waals surface area contributed by atoms with Crippen molar-refractivity contribution in [2.45, 2.75) is 13.3 Å². The summed E-state index contributed by atoms with van der Waals surface area (Å²) in [6.07, 6.45) is -4.78. The molecule has 0 saturated carbocycles. The summed E-state index contributed by atoms with van der Waals surface area (Å²) in [6, 6.07) is 9.75. The predicted octanol–water partition coefficient (Wildman–Crippen LogP) is 4.80. The van der Waals surface area contributed by atoms with Crippen LogP contribution >= 0.6 is 11.6 Å². The number of amides is 1. The standard InChI is InChI=1S/C15H11ClF3NO2/c1-9-7-10(5-6-13(9)16)14(21)20-11-3-2-4-12(8-11)22-15(17,18)19/h2-8H,1H3,(H,20,21). The van der Waals surface area contributed by atoms with Gasteiger partial charge in [0.1, 0.15) is 5.75 Å². The smallest absolute Gasteiger partial charge is 0.406 e. The van der Waals surface area contributed by atoms with E-state index >= 15 is 0 Å². The third-order valence-corrected chi connectivity index (χ3v) is 3.17. The number of hydrogen-bond acceptors (Lipinski definition) is 2. The van der Waals surface area contributed by atoms with E-state index in [1.165, 1.54) is 18.2 Å². The third-order valence-electron chi connectivity index (χ3n) is 2.75. The van der Waals surface area contributed by atoms with Crippen LogP contribution < -0.4 is 10.1 Å². The molecule has 0 aliphatic heterocycles. The number of benzene rings is 2. The van der Waals surface area contributed by atoms with Crippen molar-refractivity contribution in [2.75, 3.05) is 5.32 Å². The second kappa shape index (κ2) is 6.27. The van der Waals surface area contributed by atoms with Gasteiger partial charge in [-0.3, -0.25) is 4.79 Å². The van der Waals surface area contributed by atoms with Crippen LogP contribution in [0.4, 0.5) is 18.9 Å². The number of nitrogens with one attached hydrogen (secondary N) is 1. The van der Waals surface area contributed by atoms with Gasteiger partial charge in [0.05, 0.1) is 0 Å². The number of anilines is 1. The number of rotatable bonds is 3. The molecule has 1 amide bonds. The molecule has 0 aliphatic carbocycles. The minimum Gasteiger partial charge on any atom is -0.406 e. The van der Waals surface area contributed by atoms with Crippen molar-refractivity contribution in [3.8, 4) is 5.75 Å². The van der Waals surface area contributed by atoms with Crippen molar-refractivity contribution in [3.63, 3.8) is 0 Å². The Labute approximate surface area is 129 Å². The zero-order valence-corrected chi connectivity index (χ0v) is 12.1. The van der Waals surface area contributed by atoms with Crippen LogP contribution in [0, 0.1) is 6.92 Å². The van der Waals surface area contributed by atoms with Gasteiger partial charge >= 0.3 is 6.36 Å². The van der Waals surface area contributed by atoms with Crippen LogP contribution in [0.15, 0.2) is 42.5 Å². The molecule has 2 aromatic carbocycles. The van der Waals surface area contributed by atoms with E-state index in [9.17, 15) is 18.0 Å². The van der Waals surface area contributed by atoms with Crippen molar-refractivity contribution in [2.24, 2.45) is 0 Å². The predicted molar refractivity (Wildman–Crippen MR) is 77.3 cm³/mol. The minimum atomic E-state index is -4.78. The van der Waals surface area contributed by atoms with Gasteiger partial charge in [-0.25, -0.2) is 0 Å². The van der Waals surface area contributed by atoms with E-state index in [2.05, 4.69) is 10.1 Å². The molecule has 0 unspecified atom stereocenters. The van der Waals surface area contributed by atoms with E-state index in [0.29, 0.717) is 10.6 Å². The molecular formula is C15H11ClF3NO2. The van der Waals surface area contributed by atoms with Crippen LogP contribution in [0.5, 0.6) is 5.75 Å². The summed E-state index contributed by atoms with van der Waals surface area (Å²) in [7, 11) is 0. The van der Waals surface area contributed by atoms with E-state index in [0.717, 1.165) is 17.7 Å². The first-order valence-electron chi connectivity index (χ1n) is 6.18. The van der Waals surface area contributed by atoms with Gasteiger partial charge in [0.2, 0.25) is 0 Å². The van der Waals surface area contributed by atoms with E-state index < -0.39 is 18.0 Å². The Bertz CT molecular complexity index is 701. The van der Waals surface area contributed by atoms with Crippen LogP contribution in [-0.4, -0.2) is 12.3 Å². The molecule has 0 aliphatic rings. The maximum Gasteiger partial charge on any atom is 0.573 e. The molecule has 0 atom stereocenters. The number of ether oxygens (including phenoxy) is 1. The fourth-order valence-corrected chi connectivity index (χ4v) is 1.88. The molecule has 3 nitrogen and oxygen atoms in total. The van der Waals surface area contributed by atoms with Gasteiger partial charge in [0, 0.05) is 22.3 Å². The van der Waals surface area contributed by atoms with Crippen LogP contribution in [0.3, 0.4) is 0 Å². The average Bonchev–Trinajstić information content (AvgIpc) is 2.40. The van der Waals surface area contributed by atoms with Gasteiger partial charge in [0.25, 0.3) is 5.91 Å². The molecule has 0 saturated heterocycles. The summed E-state index contributed by atoms with van der Waals surface area (Å²) in [5, 5.41) is 3.03. The van der Waals surface area contributed by atoms with Gasteiger partial charge < -0.3 is 10.1 Å². The summed E-state index contributed by atoms with van der Waals surface area (Å²) in [5.74, 6) is -0.860. The van der Waals surface area contributed by atoms with Crippen LogP contribution in [0.1, 0.15) is 15.9 Å². The molecule has 0 bridgehead atoms. The number of carbonyl (C=O) groups excluding carboxylic acids is 1. The summed E-state index contributed by atoms with van der Waals surface area (Å²) < 4.78 is 40.3. The van der Waals surface area contributed by atoms with E-state index in [1.54, 1.807) is 19.1 Å². The molecule has 0 heterocycles. The number of aryl methyl sites for hydroxylation is 1. The minimum absolute atomic E-state index is 0.194. The summed E-state index contributed by atoms with van der Waals surface area (Å²) >= 11 is 5.87. The molecule has 0 aromatic heterocycles. The van der Waals surface area contributed by atoms with Crippen LogP contribution in [0.25, 0.3) is 0 Å². The lowest BCUT2D eigenvalue weighted by Crippen LogP contribution is -2.17. The fraction of sp³-hybridized carbons (Fsp3) is 0.133. The molecular weight excluding hydrogens is 319 g/mol. The number of carbonyl (C=O) groups is 1. The van der Waals surface area contributed by atoms with Crippen molar-refractivity contribution in [1.29, 1.82) is 0 Å². The second-order valence-electron chi connectivity index (χ2n) is 4.49. The average molecular weight is 330 g/mol. The molecule has 116 valence electrons. The highest BCUT2D eigenvalue weighted by Crippen LogP contribution is 2.25. The topological polar surface area (TPSA) is 38.3 Å². The van der Waals surface area contributed by atoms with Crippen LogP contribution in [0.2, 0.25) is 5.02 Å². The highest BCUT2D eigenvalue weighted by Gasteiger charge is 2.31. The quantitative estimate of drug-likeness (QED) is 0.878. The fourth-order valence-electron chi connectivity index (χ4n) is 1.76. The highest BCUT2D eigenvalue weighted by molar-refractivity contribution is 6.31. The lowest BCUT2D eigenvalue weighted by Gasteiger charge is -2.11. The Morgan fingerprint density at radius 3 is 2.55 bits per heavy atom. The largest absolute Gasteiger partial charge is 0.573 e. The van der Waals surface area contributed by atoms with Crippen LogP contribution in [-0.2, 0) is 0 Å². The van der Waals surface area contributed by atoms with Gasteiger partial charge in [-0.1, -0.05) is 17.7 Å². The zero-order chi connectivity index (χ0) is 16.3. The van der Waals surface area contributed by atoms with Gasteiger partial charge in [-0.2, -0.15) is 0 Å². The Kier molecular flexibility index (Phi) is 4.61. The first-order valence-corrected chi connectivity index (χ1v) is 6.56.